The molecule has 1 aliphatic rings. The maximum absolute atomic E-state index is 5.95. The van der Waals surface area contributed by atoms with Crippen LogP contribution in [0, 0.1) is 6.92 Å². The highest BCUT2D eigenvalue weighted by atomic mass is 32.1. The lowest BCUT2D eigenvalue weighted by Crippen LogP contribution is -2.29. The molecule has 78 valence electrons. The molecule has 0 radical (unpaired) electrons. The summed E-state index contributed by atoms with van der Waals surface area (Å²) in [7, 11) is 0. The Morgan fingerprint density at radius 2 is 2.43 bits per heavy atom. The normalized spacial score (nSPS) is 27.9. The van der Waals surface area contributed by atoms with E-state index in [1.54, 1.807) is 11.3 Å². The summed E-state index contributed by atoms with van der Waals surface area (Å²) in [6, 6.07) is 2.16. The second-order valence-corrected chi connectivity index (χ2v) is 4.83. The third-order valence-corrected chi connectivity index (χ3v) is 3.92. The third kappa shape index (κ3) is 2.00. The summed E-state index contributed by atoms with van der Waals surface area (Å²) < 4.78 is 5.95. The molecule has 1 saturated heterocycles. The first-order valence-corrected chi connectivity index (χ1v) is 6.08. The molecule has 2 nitrogen and oxygen atoms in total. The van der Waals surface area contributed by atoms with Gasteiger partial charge in [-0.25, -0.2) is 0 Å². The number of hydrogen-bond donors (Lipinski definition) is 1. The van der Waals surface area contributed by atoms with E-state index in [-0.39, 0.29) is 6.10 Å². The zero-order valence-corrected chi connectivity index (χ0v) is 9.35. The molecular formula is C11H17NOS. The van der Waals surface area contributed by atoms with Crippen molar-refractivity contribution >= 4 is 11.3 Å². The van der Waals surface area contributed by atoms with Crippen LogP contribution in [0.1, 0.15) is 35.8 Å². The fourth-order valence-corrected chi connectivity index (χ4v) is 2.98. The van der Waals surface area contributed by atoms with Crippen LogP contribution < -0.4 is 5.73 Å². The molecule has 0 bridgehead atoms. The molecular weight excluding hydrogens is 194 g/mol. The Balaban J connectivity index is 2.08. The Bertz CT molecular complexity index is 297. The average molecular weight is 211 g/mol. The lowest BCUT2D eigenvalue weighted by Gasteiger charge is -2.29. The number of thiophene rings is 1. The van der Waals surface area contributed by atoms with Crippen LogP contribution in [-0.2, 0) is 4.74 Å². The Kier molecular flexibility index (Phi) is 3.21. The zero-order chi connectivity index (χ0) is 9.97. The van der Waals surface area contributed by atoms with Crippen LogP contribution in [-0.4, -0.2) is 12.6 Å². The van der Waals surface area contributed by atoms with Crippen molar-refractivity contribution in [3.8, 4) is 0 Å². The van der Waals surface area contributed by atoms with Crippen LogP contribution in [0.5, 0.6) is 0 Å². The lowest BCUT2D eigenvalue weighted by atomic mass is 10.0. The second-order valence-electron chi connectivity index (χ2n) is 3.88. The van der Waals surface area contributed by atoms with Gasteiger partial charge in [-0.2, -0.15) is 0 Å². The molecule has 1 aromatic heterocycles. The number of aryl methyl sites for hydroxylation is 1. The summed E-state index contributed by atoms with van der Waals surface area (Å²) in [5, 5.41) is 2.14. The van der Waals surface area contributed by atoms with Crippen molar-refractivity contribution in [3.05, 3.63) is 21.9 Å². The van der Waals surface area contributed by atoms with Gasteiger partial charge in [0, 0.05) is 11.4 Å². The fourth-order valence-electron chi connectivity index (χ4n) is 1.98. The smallest absolute Gasteiger partial charge is 0.0923 e. The molecule has 14 heavy (non-hydrogen) atoms. The standard InChI is InChI=1S/C11H17NOS/c1-8-5-6-14-11(8)10-4-2-3-9(7-12)13-10/h5-6,9-10H,2-4,7,12H2,1H3. The molecule has 2 rings (SSSR count). The van der Waals surface area contributed by atoms with Gasteiger partial charge < -0.3 is 10.5 Å². The molecule has 1 fully saturated rings. The van der Waals surface area contributed by atoms with Crippen molar-refractivity contribution in [2.24, 2.45) is 5.73 Å². The van der Waals surface area contributed by atoms with Crippen molar-refractivity contribution in [3.63, 3.8) is 0 Å². The summed E-state index contributed by atoms with van der Waals surface area (Å²) in [6.07, 6.45) is 4.09. The predicted molar refractivity (Wildman–Crippen MR) is 59.6 cm³/mol. The van der Waals surface area contributed by atoms with E-state index in [1.807, 2.05) is 0 Å². The minimum absolute atomic E-state index is 0.273. The van der Waals surface area contributed by atoms with E-state index >= 15 is 0 Å². The van der Waals surface area contributed by atoms with Gasteiger partial charge >= 0.3 is 0 Å². The monoisotopic (exact) mass is 211 g/mol. The first-order chi connectivity index (χ1) is 6.81. The van der Waals surface area contributed by atoms with Crippen LogP contribution in [0.2, 0.25) is 0 Å². The maximum Gasteiger partial charge on any atom is 0.0923 e. The first kappa shape index (κ1) is 10.1. The molecule has 2 atom stereocenters. The molecule has 0 aliphatic carbocycles. The van der Waals surface area contributed by atoms with E-state index in [2.05, 4.69) is 18.4 Å². The fraction of sp³-hybridized carbons (Fsp3) is 0.636. The van der Waals surface area contributed by atoms with Crippen molar-refractivity contribution in [1.29, 1.82) is 0 Å². The van der Waals surface area contributed by atoms with E-state index < -0.39 is 0 Å². The summed E-state index contributed by atoms with van der Waals surface area (Å²) in [4.78, 5) is 1.39. The molecule has 2 unspecified atom stereocenters. The predicted octanol–water partition coefficient (Wildman–Crippen LogP) is 2.63. The Morgan fingerprint density at radius 1 is 1.57 bits per heavy atom. The molecule has 0 spiro atoms. The highest BCUT2D eigenvalue weighted by molar-refractivity contribution is 7.10. The van der Waals surface area contributed by atoms with Crippen LogP contribution in [0.25, 0.3) is 0 Å². The highest BCUT2D eigenvalue weighted by Gasteiger charge is 2.24. The van der Waals surface area contributed by atoms with Crippen LogP contribution >= 0.6 is 11.3 Å². The topological polar surface area (TPSA) is 35.2 Å². The number of ether oxygens (including phenoxy) is 1. The van der Waals surface area contributed by atoms with Gasteiger partial charge in [0.2, 0.25) is 0 Å². The molecule has 3 heteroatoms. The minimum atomic E-state index is 0.273. The van der Waals surface area contributed by atoms with E-state index in [0.717, 1.165) is 12.8 Å². The van der Waals surface area contributed by atoms with Gasteiger partial charge in [0.1, 0.15) is 0 Å². The van der Waals surface area contributed by atoms with Crippen molar-refractivity contribution in [1.82, 2.24) is 0 Å². The molecule has 2 heterocycles. The highest BCUT2D eigenvalue weighted by Crippen LogP contribution is 2.35. The molecule has 0 saturated carbocycles. The van der Waals surface area contributed by atoms with Gasteiger partial charge in [-0.1, -0.05) is 0 Å². The molecule has 0 amide bonds. The number of rotatable bonds is 2. The van der Waals surface area contributed by atoms with Gasteiger partial charge in [0.05, 0.1) is 12.2 Å². The Morgan fingerprint density at radius 3 is 3.07 bits per heavy atom. The SMILES string of the molecule is Cc1ccsc1C1CCCC(CN)O1. The zero-order valence-electron chi connectivity index (χ0n) is 8.53. The Hall–Kier alpha value is -0.380. The second kappa shape index (κ2) is 4.43. The molecule has 1 aromatic rings. The van der Waals surface area contributed by atoms with Crippen molar-refractivity contribution in [2.75, 3.05) is 6.54 Å². The molecule has 0 aromatic carbocycles. The van der Waals surface area contributed by atoms with Gasteiger partial charge in [-0.15, -0.1) is 11.3 Å². The van der Waals surface area contributed by atoms with E-state index in [4.69, 9.17) is 10.5 Å². The number of hydrogen-bond acceptors (Lipinski definition) is 3. The summed E-state index contributed by atoms with van der Waals surface area (Å²) in [5.41, 5.74) is 6.99. The van der Waals surface area contributed by atoms with E-state index in [9.17, 15) is 0 Å². The van der Waals surface area contributed by atoms with Crippen LogP contribution in [0.3, 0.4) is 0 Å². The van der Waals surface area contributed by atoms with Crippen molar-refractivity contribution in [2.45, 2.75) is 38.4 Å². The summed E-state index contributed by atoms with van der Waals surface area (Å²) >= 11 is 1.80. The largest absolute Gasteiger partial charge is 0.368 e. The molecule has 2 N–H and O–H groups in total. The van der Waals surface area contributed by atoms with Gasteiger partial charge in [-0.3, -0.25) is 0 Å². The van der Waals surface area contributed by atoms with Gasteiger partial charge in [-0.05, 0) is 43.2 Å². The van der Waals surface area contributed by atoms with Crippen LogP contribution in [0.15, 0.2) is 11.4 Å². The third-order valence-electron chi connectivity index (χ3n) is 2.81. The summed E-state index contributed by atoms with van der Waals surface area (Å²) in [6.45, 7) is 2.81. The minimum Gasteiger partial charge on any atom is -0.368 e. The van der Waals surface area contributed by atoms with E-state index in [0.29, 0.717) is 12.6 Å². The summed E-state index contributed by atoms with van der Waals surface area (Å²) in [5.74, 6) is 0. The van der Waals surface area contributed by atoms with Gasteiger partial charge in [0.15, 0.2) is 0 Å². The first-order valence-electron chi connectivity index (χ1n) is 5.20. The van der Waals surface area contributed by atoms with E-state index in [1.165, 1.54) is 16.9 Å². The Labute approximate surface area is 89.1 Å². The average Bonchev–Trinajstić information content (AvgIpc) is 2.65. The lowest BCUT2D eigenvalue weighted by molar-refractivity contribution is -0.0446. The quantitative estimate of drug-likeness (QED) is 0.816. The van der Waals surface area contributed by atoms with Crippen molar-refractivity contribution < 1.29 is 4.74 Å². The van der Waals surface area contributed by atoms with Gasteiger partial charge in [0.25, 0.3) is 0 Å². The molecule has 1 aliphatic heterocycles. The maximum atomic E-state index is 5.95. The van der Waals surface area contributed by atoms with Crippen LogP contribution in [0.4, 0.5) is 0 Å². The number of nitrogens with two attached hydrogens (primary N) is 1.